The van der Waals surface area contributed by atoms with Crippen LogP contribution in [0.1, 0.15) is 5.56 Å². The summed E-state index contributed by atoms with van der Waals surface area (Å²) < 4.78 is 10.4. The van der Waals surface area contributed by atoms with Gasteiger partial charge in [0.25, 0.3) is 0 Å². The van der Waals surface area contributed by atoms with Gasteiger partial charge in [-0.15, -0.1) is 0 Å². The molecule has 1 aromatic carbocycles. The molecule has 0 bridgehead atoms. The highest BCUT2D eigenvalue weighted by Crippen LogP contribution is 2.30. The van der Waals surface area contributed by atoms with Crippen molar-refractivity contribution in [2.45, 2.75) is 6.54 Å². The van der Waals surface area contributed by atoms with Crippen LogP contribution >= 0.6 is 0 Å². The highest BCUT2D eigenvalue weighted by Gasteiger charge is 2.09. The zero-order chi connectivity index (χ0) is 12.0. The molecule has 1 aromatic rings. The second kappa shape index (κ2) is 5.85. The Kier molecular flexibility index (Phi) is 4.44. The van der Waals surface area contributed by atoms with Crippen molar-refractivity contribution in [2.75, 3.05) is 21.3 Å². The molecular formula is C11H16N2O3. The predicted octanol–water partition coefficient (Wildman–Crippen LogP) is 1.13. The fourth-order valence-electron chi connectivity index (χ4n) is 1.36. The van der Waals surface area contributed by atoms with Crippen LogP contribution < -0.4 is 20.1 Å². The van der Waals surface area contributed by atoms with Gasteiger partial charge in [0.2, 0.25) is 0 Å². The third kappa shape index (κ3) is 2.79. The summed E-state index contributed by atoms with van der Waals surface area (Å²) in [5.74, 6) is 1.29. The second-order valence-corrected chi connectivity index (χ2v) is 3.09. The maximum absolute atomic E-state index is 11.0. The van der Waals surface area contributed by atoms with E-state index in [1.807, 2.05) is 18.2 Å². The average Bonchev–Trinajstić information content (AvgIpc) is 2.34. The maximum atomic E-state index is 11.0. The van der Waals surface area contributed by atoms with Crippen molar-refractivity contribution in [3.63, 3.8) is 0 Å². The molecule has 0 radical (unpaired) electrons. The molecule has 0 spiro atoms. The van der Waals surface area contributed by atoms with Gasteiger partial charge in [-0.05, 0) is 6.07 Å². The van der Waals surface area contributed by atoms with Crippen molar-refractivity contribution in [3.05, 3.63) is 23.8 Å². The third-order valence-electron chi connectivity index (χ3n) is 2.15. The fourth-order valence-corrected chi connectivity index (χ4v) is 1.36. The van der Waals surface area contributed by atoms with Crippen molar-refractivity contribution >= 4 is 6.03 Å². The SMILES string of the molecule is CNC(=O)NCc1cccc(OC)c1OC. The van der Waals surface area contributed by atoms with E-state index in [4.69, 9.17) is 9.47 Å². The molecule has 0 saturated carbocycles. The minimum atomic E-state index is -0.232. The fraction of sp³-hybridized carbons (Fsp3) is 0.364. The number of hydrogen-bond donors (Lipinski definition) is 2. The summed E-state index contributed by atoms with van der Waals surface area (Å²) in [6.07, 6.45) is 0. The van der Waals surface area contributed by atoms with Crippen LogP contribution in [0.2, 0.25) is 0 Å². The molecule has 2 N–H and O–H groups in total. The first-order valence-electron chi connectivity index (χ1n) is 4.88. The minimum absolute atomic E-state index is 0.232. The normalized spacial score (nSPS) is 9.44. The van der Waals surface area contributed by atoms with Crippen LogP contribution in [0.15, 0.2) is 18.2 Å². The molecule has 0 unspecified atom stereocenters. The molecule has 0 aliphatic carbocycles. The van der Waals surface area contributed by atoms with E-state index in [0.717, 1.165) is 5.56 Å². The Morgan fingerprint density at radius 2 is 2.06 bits per heavy atom. The summed E-state index contributed by atoms with van der Waals surface area (Å²) in [7, 11) is 4.72. The largest absolute Gasteiger partial charge is 0.493 e. The number of nitrogens with one attached hydrogen (secondary N) is 2. The summed E-state index contributed by atoms with van der Waals surface area (Å²) in [5, 5.41) is 5.17. The number of carbonyl (C=O) groups excluding carboxylic acids is 1. The standard InChI is InChI=1S/C11H16N2O3/c1-12-11(14)13-7-8-5-4-6-9(15-2)10(8)16-3/h4-6H,7H2,1-3H3,(H2,12,13,14). The zero-order valence-electron chi connectivity index (χ0n) is 9.66. The van der Waals surface area contributed by atoms with Gasteiger partial charge in [0.15, 0.2) is 11.5 Å². The van der Waals surface area contributed by atoms with Crippen LogP contribution in [-0.4, -0.2) is 27.3 Å². The molecule has 0 aliphatic rings. The first-order valence-corrected chi connectivity index (χ1v) is 4.88. The monoisotopic (exact) mass is 224 g/mol. The van der Waals surface area contributed by atoms with Crippen LogP contribution in [0.25, 0.3) is 0 Å². The molecule has 0 atom stereocenters. The van der Waals surface area contributed by atoms with Gasteiger partial charge in [0.1, 0.15) is 0 Å². The Balaban J connectivity index is 2.82. The lowest BCUT2D eigenvalue weighted by Gasteiger charge is -2.12. The number of methoxy groups -OCH3 is 2. The third-order valence-corrected chi connectivity index (χ3v) is 2.15. The van der Waals surface area contributed by atoms with Gasteiger partial charge in [0.05, 0.1) is 14.2 Å². The van der Waals surface area contributed by atoms with E-state index < -0.39 is 0 Å². The van der Waals surface area contributed by atoms with E-state index in [1.165, 1.54) is 0 Å². The lowest BCUT2D eigenvalue weighted by Crippen LogP contribution is -2.32. The Labute approximate surface area is 94.7 Å². The summed E-state index contributed by atoms with van der Waals surface area (Å²) in [6, 6.07) is 5.30. The summed E-state index contributed by atoms with van der Waals surface area (Å²) >= 11 is 0. The summed E-state index contributed by atoms with van der Waals surface area (Å²) in [4.78, 5) is 11.0. The quantitative estimate of drug-likeness (QED) is 0.806. The number of carbonyl (C=O) groups is 1. The van der Waals surface area contributed by atoms with Crippen molar-refractivity contribution in [2.24, 2.45) is 0 Å². The molecule has 16 heavy (non-hydrogen) atoms. The molecular weight excluding hydrogens is 208 g/mol. The topological polar surface area (TPSA) is 59.6 Å². The first kappa shape index (κ1) is 12.2. The minimum Gasteiger partial charge on any atom is -0.493 e. The molecule has 0 saturated heterocycles. The van der Waals surface area contributed by atoms with Gasteiger partial charge >= 0.3 is 6.03 Å². The van der Waals surface area contributed by atoms with E-state index in [2.05, 4.69) is 10.6 Å². The number of para-hydroxylation sites is 1. The Morgan fingerprint density at radius 1 is 1.31 bits per heavy atom. The molecule has 0 aromatic heterocycles. The molecule has 0 aliphatic heterocycles. The number of ether oxygens (including phenoxy) is 2. The Morgan fingerprint density at radius 3 is 2.62 bits per heavy atom. The molecule has 0 fully saturated rings. The molecule has 1 rings (SSSR count). The number of benzene rings is 1. The van der Waals surface area contributed by atoms with Crippen LogP contribution in [0.4, 0.5) is 4.79 Å². The summed E-state index contributed by atoms with van der Waals surface area (Å²) in [5.41, 5.74) is 0.866. The van der Waals surface area contributed by atoms with E-state index >= 15 is 0 Å². The lowest BCUT2D eigenvalue weighted by atomic mass is 10.2. The van der Waals surface area contributed by atoms with E-state index in [9.17, 15) is 4.79 Å². The highest BCUT2D eigenvalue weighted by molar-refractivity contribution is 5.73. The lowest BCUT2D eigenvalue weighted by molar-refractivity contribution is 0.242. The smallest absolute Gasteiger partial charge is 0.314 e. The van der Waals surface area contributed by atoms with Crippen LogP contribution in [0, 0.1) is 0 Å². The predicted molar refractivity (Wildman–Crippen MR) is 60.8 cm³/mol. The van der Waals surface area contributed by atoms with Gasteiger partial charge in [0, 0.05) is 19.2 Å². The van der Waals surface area contributed by atoms with Gasteiger partial charge in [-0.2, -0.15) is 0 Å². The van der Waals surface area contributed by atoms with Crippen molar-refractivity contribution < 1.29 is 14.3 Å². The molecule has 2 amide bonds. The zero-order valence-corrected chi connectivity index (χ0v) is 9.66. The Hall–Kier alpha value is -1.91. The van der Waals surface area contributed by atoms with Crippen LogP contribution in [-0.2, 0) is 6.54 Å². The molecule has 5 heteroatoms. The van der Waals surface area contributed by atoms with Crippen LogP contribution in [0.5, 0.6) is 11.5 Å². The average molecular weight is 224 g/mol. The van der Waals surface area contributed by atoms with Gasteiger partial charge in [-0.1, -0.05) is 12.1 Å². The second-order valence-electron chi connectivity index (χ2n) is 3.09. The first-order chi connectivity index (χ1) is 7.72. The van der Waals surface area contributed by atoms with Crippen molar-refractivity contribution in [3.8, 4) is 11.5 Å². The number of urea groups is 1. The van der Waals surface area contributed by atoms with E-state index in [0.29, 0.717) is 18.0 Å². The van der Waals surface area contributed by atoms with Crippen LogP contribution in [0.3, 0.4) is 0 Å². The van der Waals surface area contributed by atoms with E-state index in [-0.39, 0.29) is 6.03 Å². The highest BCUT2D eigenvalue weighted by atomic mass is 16.5. The van der Waals surface area contributed by atoms with E-state index in [1.54, 1.807) is 21.3 Å². The number of hydrogen-bond acceptors (Lipinski definition) is 3. The summed E-state index contributed by atoms with van der Waals surface area (Å²) in [6.45, 7) is 0.389. The number of amides is 2. The maximum Gasteiger partial charge on any atom is 0.314 e. The Bertz CT molecular complexity index is 366. The van der Waals surface area contributed by atoms with Gasteiger partial charge < -0.3 is 20.1 Å². The van der Waals surface area contributed by atoms with Gasteiger partial charge in [-0.3, -0.25) is 0 Å². The molecule has 0 heterocycles. The van der Waals surface area contributed by atoms with Crippen molar-refractivity contribution in [1.29, 1.82) is 0 Å². The molecule has 88 valence electrons. The molecule has 5 nitrogen and oxygen atoms in total. The van der Waals surface area contributed by atoms with Gasteiger partial charge in [-0.25, -0.2) is 4.79 Å². The van der Waals surface area contributed by atoms with Crippen molar-refractivity contribution in [1.82, 2.24) is 10.6 Å². The number of rotatable bonds is 4.